The van der Waals surface area contributed by atoms with E-state index in [9.17, 15) is 4.79 Å². The lowest BCUT2D eigenvalue weighted by Crippen LogP contribution is -2.24. The van der Waals surface area contributed by atoms with Crippen molar-refractivity contribution in [1.29, 1.82) is 0 Å². The minimum Gasteiger partial charge on any atom is -0.493 e. The normalized spacial score (nSPS) is 15.8. The molecule has 1 amide bonds. The van der Waals surface area contributed by atoms with E-state index >= 15 is 0 Å². The van der Waals surface area contributed by atoms with Gasteiger partial charge in [-0.15, -0.1) is 0 Å². The van der Waals surface area contributed by atoms with Crippen LogP contribution in [0, 0.1) is 6.92 Å². The average molecular weight is 482 g/mol. The minimum atomic E-state index is 0.0854. The summed E-state index contributed by atoms with van der Waals surface area (Å²) < 4.78 is 8.54. The highest BCUT2D eigenvalue weighted by atomic mass is 16.5. The standard InChI is InChI=1S/C31H35N3O2/c1-22(2)26-16-15-23(3)19-29(26)36-18-10-9-17-33-28-14-8-7-13-27(28)32-31(33)24-20-30(35)34(21-24)25-11-5-4-6-12-25/h4-8,11-16,19,22,24H,9-10,17-18,20-21H2,1-3H3. The molecule has 1 unspecified atom stereocenters. The molecule has 1 saturated heterocycles. The summed E-state index contributed by atoms with van der Waals surface area (Å²) in [5.74, 6) is 2.71. The average Bonchev–Trinajstić information content (AvgIpc) is 3.44. The first-order valence-corrected chi connectivity index (χ1v) is 13.0. The predicted molar refractivity (Wildman–Crippen MR) is 146 cm³/mol. The van der Waals surface area contributed by atoms with Crippen LogP contribution in [-0.2, 0) is 11.3 Å². The molecule has 1 aromatic heterocycles. The highest BCUT2D eigenvalue weighted by molar-refractivity contribution is 5.96. The van der Waals surface area contributed by atoms with E-state index in [-0.39, 0.29) is 11.8 Å². The Morgan fingerprint density at radius 3 is 2.58 bits per heavy atom. The summed E-state index contributed by atoms with van der Waals surface area (Å²) in [5.41, 5.74) is 5.58. The summed E-state index contributed by atoms with van der Waals surface area (Å²) >= 11 is 0. The molecule has 186 valence electrons. The summed E-state index contributed by atoms with van der Waals surface area (Å²) in [4.78, 5) is 19.8. The maximum absolute atomic E-state index is 12.9. The van der Waals surface area contributed by atoms with Crippen LogP contribution < -0.4 is 9.64 Å². The first-order chi connectivity index (χ1) is 17.5. The second kappa shape index (κ2) is 10.6. The second-order valence-corrected chi connectivity index (χ2v) is 10.1. The van der Waals surface area contributed by atoms with Gasteiger partial charge in [-0.1, -0.05) is 56.3 Å². The molecule has 36 heavy (non-hydrogen) atoms. The topological polar surface area (TPSA) is 47.4 Å². The zero-order chi connectivity index (χ0) is 25.1. The maximum atomic E-state index is 12.9. The van der Waals surface area contributed by atoms with Gasteiger partial charge >= 0.3 is 0 Å². The lowest BCUT2D eigenvalue weighted by atomic mass is 10.0. The van der Waals surface area contributed by atoms with Gasteiger partial charge in [0.15, 0.2) is 0 Å². The summed E-state index contributed by atoms with van der Waals surface area (Å²) in [7, 11) is 0. The molecule has 1 aliphatic rings. The number of nitrogens with zero attached hydrogens (tertiary/aromatic N) is 3. The van der Waals surface area contributed by atoms with Crippen molar-refractivity contribution in [2.75, 3.05) is 18.1 Å². The SMILES string of the molecule is Cc1ccc(C(C)C)c(OCCCCn2c(C3CC(=O)N(c4ccccc4)C3)nc3ccccc32)c1. The van der Waals surface area contributed by atoms with Crippen LogP contribution in [0.3, 0.4) is 0 Å². The van der Waals surface area contributed by atoms with Crippen LogP contribution in [0.4, 0.5) is 5.69 Å². The number of fused-ring (bicyclic) bond motifs is 1. The smallest absolute Gasteiger partial charge is 0.227 e. The fourth-order valence-electron chi connectivity index (χ4n) is 5.18. The Balaban J connectivity index is 1.28. The summed E-state index contributed by atoms with van der Waals surface area (Å²) in [5, 5.41) is 0. The Bertz CT molecular complexity index is 1340. The number of amides is 1. The molecule has 1 fully saturated rings. The number of rotatable bonds is 9. The third kappa shape index (κ3) is 5.01. The Hall–Kier alpha value is -3.60. The molecule has 0 bridgehead atoms. The van der Waals surface area contributed by atoms with Crippen molar-refractivity contribution >= 4 is 22.6 Å². The number of benzene rings is 3. The molecule has 4 aromatic rings. The van der Waals surface area contributed by atoms with Gasteiger partial charge in [-0.2, -0.15) is 0 Å². The fraction of sp³-hybridized carbons (Fsp3) is 0.355. The molecule has 0 saturated carbocycles. The number of carbonyl (C=O) groups is 1. The number of aryl methyl sites for hydroxylation is 2. The molecule has 5 heteroatoms. The van der Waals surface area contributed by atoms with Crippen molar-refractivity contribution in [2.24, 2.45) is 0 Å². The first kappa shape index (κ1) is 24.1. The van der Waals surface area contributed by atoms with Gasteiger partial charge in [0, 0.05) is 31.1 Å². The van der Waals surface area contributed by atoms with Crippen LogP contribution in [0.15, 0.2) is 72.8 Å². The fourth-order valence-corrected chi connectivity index (χ4v) is 5.18. The van der Waals surface area contributed by atoms with Crippen LogP contribution in [0.5, 0.6) is 5.75 Å². The van der Waals surface area contributed by atoms with E-state index in [4.69, 9.17) is 9.72 Å². The molecule has 0 radical (unpaired) electrons. The van der Waals surface area contributed by atoms with Crippen LogP contribution in [0.1, 0.15) is 61.9 Å². The van der Waals surface area contributed by atoms with Crippen LogP contribution >= 0.6 is 0 Å². The van der Waals surface area contributed by atoms with Crippen molar-refractivity contribution in [2.45, 2.75) is 58.4 Å². The number of imidazole rings is 1. The second-order valence-electron chi connectivity index (χ2n) is 10.1. The quantitative estimate of drug-likeness (QED) is 0.246. The van der Waals surface area contributed by atoms with Gasteiger partial charge in [-0.05, 0) is 67.1 Å². The zero-order valence-electron chi connectivity index (χ0n) is 21.5. The van der Waals surface area contributed by atoms with E-state index < -0.39 is 0 Å². The minimum absolute atomic E-state index is 0.0854. The number of ether oxygens (including phenoxy) is 1. The van der Waals surface area contributed by atoms with E-state index in [0.29, 0.717) is 25.5 Å². The number of anilines is 1. The third-order valence-corrected chi connectivity index (χ3v) is 7.07. The van der Waals surface area contributed by atoms with Crippen molar-refractivity contribution < 1.29 is 9.53 Å². The number of aromatic nitrogens is 2. The van der Waals surface area contributed by atoms with Crippen molar-refractivity contribution in [1.82, 2.24) is 9.55 Å². The maximum Gasteiger partial charge on any atom is 0.227 e. The van der Waals surface area contributed by atoms with E-state index in [2.05, 4.69) is 61.7 Å². The molecule has 3 aromatic carbocycles. The van der Waals surface area contributed by atoms with E-state index in [1.54, 1.807) is 0 Å². The van der Waals surface area contributed by atoms with Crippen molar-refractivity contribution in [3.63, 3.8) is 0 Å². The lowest BCUT2D eigenvalue weighted by molar-refractivity contribution is -0.117. The Kier molecular flexibility index (Phi) is 7.08. The predicted octanol–water partition coefficient (Wildman–Crippen LogP) is 6.85. The van der Waals surface area contributed by atoms with Crippen LogP contribution in [0.25, 0.3) is 11.0 Å². The van der Waals surface area contributed by atoms with Gasteiger partial charge in [0.2, 0.25) is 5.91 Å². The Morgan fingerprint density at radius 2 is 1.78 bits per heavy atom. The third-order valence-electron chi connectivity index (χ3n) is 7.07. The van der Waals surface area contributed by atoms with Gasteiger partial charge in [-0.25, -0.2) is 4.98 Å². The molecular formula is C31H35N3O2. The molecule has 1 atom stereocenters. The van der Waals surface area contributed by atoms with Crippen LogP contribution in [-0.4, -0.2) is 28.6 Å². The summed E-state index contributed by atoms with van der Waals surface area (Å²) in [6, 6.07) is 24.7. The highest BCUT2D eigenvalue weighted by Gasteiger charge is 2.34. The number of carbonyl (C=O) groups excluding carboxylic acids is 1. The first-order valence-electron chi connectivity index (χ1n) is 13.0. The zero-order valence-corrected chi connectivity index (χ0v) is 21.5. The van der Waals surface area contributed by atoms with Gasteiger partial charge in [0.05, 0.1) is 17.6 Å². The van der Waals surface area contributed by atoms with E-state index in [1.807, 2.05) is 41.3 Å². The number of para-hydroxylation sites is 3. The summed E-state index contributed by atoms with van der Waals surface area (Å²) in [6.45, 7) is 8.73. The van der Waals surface area contributed by atoms with Crippen molar-refractivity contribution in [3.05, 3.63) is 89.7 Å². The monoisotopic (exact) mass is 481 g/mol. The van der Waals surface area contributed by atoms with Crippen molar-refractivity contribution in [3.8, 4) is 5.75 Å². The van der Waals surface area contributed by atoms with E-state index in [1.165, 1.54) is 11.1 Å². The van der Waals surface area contributed by atoms with Gasteiger partial charge in [-0.3, -0.25) is 4.79 Å². The molecule has 0 aliphatic carbocycles. The molecule has 2 heterocycles. The molecule has 0 N–H and O–H groups in total. The van der Waals surface area contributed by atoms with Gasteiger partial charge in [0.1, 0.15) is 11.6 Å². The van der Waals surface area contributed by atoms with Gasteiger partial charge < -0.3 is 14.2 Å². The molecule has 1 aliphatic heterocycles. The van der Waals surface area contributed by atoms with Crippen LogP contribution in [0.2, 0.25) is 0 Å². The Morgan fingerprint density at radius 1 is 1.00 bits per heavy atom. The molecule has 0 spiro atoms. The molecule has 5 nitrogen and oxygen atoms in total. The number of hydrogen-bond donors (Lipinski definition) is 0. The molecule has 5 rings (SSSR count). The number of hydrogen-bond acceptors (Lipinski definition) is 3. The molecular weight excluding hydrogens is 446 g/mol. The highest BCUT2D eigenvalue weighted by Crippen LogP contribution is 2.33. The number of unbranched alkanes of at least 4 members (excludes halogenated alkanes) is 1. The summed E-state index contributed by atoms with van der Waals surface area (Å²) in [6.07, 6.45) is 2.43. The Labute approximate surface area is 213 Å². The van der Waals surface area contributed by atoms with Gasteiger partial charge in [0.25, 0.3) is 0 Å². The lowest BCUT2D eigenvalue weighted by Gasteiger charge is -2.17. The largest absolute Gasteiger partial charge is 0.493 e. The van der Waals surface area contributed by atoms with E-state index in [0.717, 1.165) is 47.7 Å².